The number of benzene rings is 1. The maximum Gasteiger partial charge on any atom is 0.258 e. The van der Waals surface area contributed by atoms with Crippen LogP contribution in [-0.4, -0.2) is 38.3 Å². The van der Waals surface area contributed by atoms with Crippen LogP contribution in [0, 0.1) is 6.92 Å². The van der Waals surface area contributed by atoms with Gasteiger partial charge in [0.1, 0.15) is 0 Å². The van der Waals surface area contributed by atoms with Gasteiger partial charge < -0.3 is 9.88 Å². The van der Waals surface area contributed by atoms with Gasteiger partial charge in [-0.3, -0.25) is 4.79 Å². The molecule has 2 aromatic heterocycles. The monoisotopic (exact) mass is 395 g/mol. The molecule has 2 N–H and O–H groups in total. The molecule has 0 saturated carbocycles. The van der Waals surface area contributed by atoms with Crippen LogP contribution in [0.2, 0.25) is 0 Å². The second-order valence-electron chi connectivity index (χ2n) is 8.91. The van der Waals surface area contributed by atoms with Crippen LogP contribution in [0.25, 0.3) is 10.9 Å². The van der Waals surface area contributed by atoms with Crippen molar-refractivity contribution in [2.75, 3.05) is 13.1 Å². The minimum Gasteiger partial charge on any atom is -0.322 e. The quantitative estimate of drug-likeness (QED) is 0.693. The maximum atomic E-state index is 13.2. The SMILES string of the molecule is CCC(C)(C)n1nnnc1[C@H](c1cc2ccc(C)cc2[nH]c1=O)[NH+]1CCCCC1. The first-order chi connectivity index (χ1) is 13.9. The number of aromatic amines is 1. The molecule has 4 rings (SSSR count). The molecular formula is C22H31N6O+. The predicted molar refractivity (Wildman–Crippen MR) is 113 cm³/mol. The van der Waals surface area contributed by atoms with E-state index in [4.69, 9.17) is 0 Å². The summed E-state index contributed by atoms with van der Waals surface area (Å²) in [7, 11) is 0. The second-order valence-corrected chi connectivity index (χ2v) is 8.91. The molecule has 0 bridgehead atoms. The highest BCUT2D eigenvalue weighted by Gasteiger charge is 2.37. The number of nitrogens with zero attached hydrogens (tertiary/aromatic N) is 4. The highest BCUT2D eigenvalue weighted by molar-refractivity contribution is 5.79. The van der Waals surface area contributed by atoms with E-state index < -0.39 is 0 Å². The standard InChI is InChI=1S/C22H30N6O/c1-5-22(3,4)28-20(24-25-26-28)19(27-11-7-6-8-12-27)17-14-16-10-9-15(2)13-18(16)23-21(17)29/h9-10,13-14,19H,5-8,11-12H2,1-4H3,(H,23,29)/p+1/t19-/m0/s1. The van der Waals surface area contributed by atoms with Crippen molar-refractivity contribution in [3.05, 3.63) is 51.6 Å². The summed E-state index contributed by atoms with van der Waals surface area (Å²) in [5.41, 5.74) is 2.50. The number of aryl methyl sites for hydroxylation is 1. The van der Waals surface area contributed by atoms with Crippen LogP contribution in [0.5, 0.6) is 0 Å². The fourth-order valence-corrected chi connectivity index (χ4v) is 4.34. The highest BCUT2D eigenvalue weighted by Crippen LogP contribution is 2.25. The lowest BCUT2D eigenvalue weighted by atomic mass is 9.97. The molecule has 0 amide bonds. The van der Waals surface area contributed by atoms with Crippen molar-refractivity contribution in [1.29, 1.82) is 0 Å². The Kier molecular flexibility index (Phi) is 5.25. The Balaban J connectivity index is 1.90. The van der Waals surface area contributed by atoms with Gasteiger partial charge in [0, 0.05) is 5.52 Å². The lowest BCUT2D eigenvalue weighted by Crippen LogP contribution is -3.13. The smallest absolute Gasteiger partial charge is 0.258 e. The third kappa shape index (κ3) is 3.71. The number of rotatable bonds is 5. The second kappa shape index (κ2) is 7.71. The number of tetrazole rings is 1. The fourth-order valence-electron chi connectivity index (χ4n) is 4.34. The van der Waals surface area contributed by atoms with Crippen molar-refractivity contribution in [1.82, 2.24) is 25.2 Å². The Labute approximate surface area is 171 Å². The van der Waals surface area contributed by atoms with Crippen molar-refractivity contribution in [3.63, 3.8) is 0 Å². The summed E-state index contributed by atoms with van der Waals surface area (Å²) in [6.45, 7) is 10.5. The first kappa shape index (κ1) is 19.8. The van der Waals surface area contributed by atoms with E-state index in [0.29, 0.717) is 0 Å². The zero-order valence-electron chi connectivity index (χ0n) is 17.8. The number of fused-ring (bicyclic) bond motifs is 1. The predicted octanol–water partition coefficient (Wildman–Crippen LogP) is 2.13. The van der Waals surface area contributed by atoms with Gasteiger partial charge in [-0.15, -0.1) is 5.10 Å². The Morgan fingerprint density at radius 1 is 1.21 bits per heavy atom. The van der Waals surface area contributed by atoms with Crippen LogP contribution in [0.15, 0.2) is 29.1 Å². The molecule has 154 valence electrons. The van der Waals surface area contributed by atoms with Crippen LogP contribution in [0.4, 0.5) is 0 Å². The molecule has 29 heavy (non-hydrogen) atoms. The summed E-state index contributed by atoms with van der Waals surface area (Å²) in [6, 6.07) is 8.04. The molecule has 0 radical (unpaired) electrons. The molecule has 1 saturated heterocycles. The molecule has 1 aromatic carbocycles. The van der Waals surface area contributed by atoms with E-state index in [1.165, 1.54) is 11.3 Å². The van der Waals surface area contributed by atoms with Crippen molar-refractivity contribution >= 4 is 10.9 Å². The number of pyridine rings is 1. The number of H-pyrrole nitrogens is 1. The van der Waals surface area contributed by atoms with Gasteiger partial charge in [-0.1, -0.05) is 19.1 Å². The Morgan fingerprint density at radius 3 is 2.69 bits per heavy atom. The molecule has 3 aromatic rings. The van der Waals surface area contributed by atoms with Gasteiger partial charge >= 0.3 is 0 Å². The molecule has 7 nitrogen and oxygen atoms in total. The maximum absolute atomic E-state index is 13.2. The van der Waals surface area contributed by atoms with E-state index in [1.807, 2.05) is 23.7 Å². The average molecular weight is 396 g/mol. The van der Waals surface area contributed by atoms with Crippen molar-refractivity contribution < 1.29 is 4.90 Å². The van der Waals surface area contributed by atoms with Gasteiger partial charge in [-0.05, 0) is 80.0 Å². The van der Waals surface area contributed by atoms with E-state index >= 15 is 0 Å². The molecule has 1 fully saturated rings. The van der Waals surface area contributed by atoms with E-state index in [0.717, 1.165) is 60.2 Å². The van der Waals surface area contributed by atoms with E-state index in [-0.39, 0.29) is 17.1 Å². The minimum atomic E-state index is -0.215. The van der Waals surface area contributed by atoms with Gasteiger partial charge in [0.2, 0.25) is 5.82 Å². The van der Waals surface area contributed by atoms with Gasteiger partial charge in [-0.2, -0.15) is 0 Å². The third-order valence-electron chi connectivity index (χ3n) is 6.44. The fraction of sp³-hybridized carbons (Fsp3) is 0.545. The summed E-state index contributed by atoms with van der Waals surface area (Å²) in [6.07, 6.45) is 4.47. The van der Waals surface area contributed by atoms with Crippen LogP contribution in [0.3, 0.4) is 0 Å². The molecule has 0 aliphatic carbocycles. The number of piperidine rings is 1. The number of quaternary nitrogens is 1. The first-order valence-electron chi connectivity index (χ1n) is 10.7. The van der Waals surface area contributed by atoms with E-state index in [1.54, 1.807) is 0 Å². The summed E-state index contributed by atoms with van der Waals surface area (Å²) in [5.74, 6) is 0.783. The lowest BCUT2D eigenvalue weighted by molar-refractivity contribution is -0.931. The molecule has 1 aliphatic heterocycles. The van der Waals surface area contributed by atoms with Gasteiger partial charge in [0.05, 0.1) is 24.2 Å². The summed E-state index contributed by atoms with van der Waals surface area (Å²) in [5, 5.41) is 13.8. The third-order valence-corrected chi connectivity index (χ3v) is 6.44. The Bertz CT molecular complexity index is 1060. The summed E-state index contributed by atoms with van der Waals surface area (Å²) in [4.78, 5) is 17.7. The van der Waals surface area contributed by atoms with Crippen LogP contribution >= 0.6 is 0 Å². The first-order valence-corrected chi connectivity index (χ1v) is 10.7. The number of aromatic nitrogens is 5. The molecule has 0 spiro atoms. The summed E-state index contributed by atoms with van der Waals surface area (Å²) >= 11 is 0. The topological polar surface area (TPSA) is 80.9 Å². The number of likely N-dealkylation sites (tertiary alicyclic amines) is 1. The minimum absolute atomic E-state index is 0.0463. The highest BCUT2D eigenvalue weighted by atomic mass is 16.1. The molecule has 3 heterocycles. The van der Waals surface area contributed by atoms with Crippen LogP contribution < -0.4 is 10.5 Å². The number of hydrogen-bond acceptors (Lipinski definition) is 4. The van der Waals surface area contributed by atoms with Gasteiger partial charge in [-0.25, -0.2) is 4.68 Å². The van der Waals surface area contributed by atoms with Crippen molar-refractivity contribution in [2.24, 2.45) is 0 Å². The van der Waals surface area contributed by atoms with E-state index in [9.17, 15) is 4.79 Å². The zero-order valence-corrected chi connectivity index (χ0v) is 17.8. The summed E-state index contributed by atoms with van der Waals surface area (Å²) < 4.78 is 1.93. The lowest BCUT2D eigenvalue weighted by Gasteiger charge is -2.33. The Hall–Kier alpha value is -2.54. The van der Waals surface area contributed by atoms with Crippen LogP contribution in [-0.2, 0) is 5.54 Å². The Morgan fingerprint density at radius 2 is 1.97 bits per heavy atom. The average Bonchev–Trinajstić information content (AvgIpc) is 3.20. The molecule has 0 unspecified atom stereocenters. The molecule has 1 aliphatic rings. The van der Waals surface area contributed by atoms with E-state index in [2.05, 4.69) is 53.4 Å². The number of nitrogens with one attached hydrogen (secondary N) is 2. The molecule has 1 atom stereocenters. The zero-order chi connectivity index (χ0) is 20.6. The van der Waals surface area contributed by atoms with Gasteiger partial charge in [0.25, 0.3) is 5.56 Å². The van der Waals surface area contributed by atoms with Crippen LogP contribution in [0.1, 0.15) is 69.4 Å². The van der Waals surface area contributed by atoms with Crippen molar-refractivity contribution in [2.45, 2.75) is 65.0 Å². The molecule has 7 heteroatoms. The number of hydrogen-bond donors (Lipinski definition) is 2. The largest absolute Gasteiger partial charge is 0.322 e. The van der Waals surface area contributed by atoms with Crippen molar-refractivity contribution in [3.8, 4) is 0 Å². The molecular weight excluding hydrogens is 364 g/mol. The van der Waals surface area contributed by atoms with Gasteiger partial charge in [0.15, 0.2) is 6.04 Å². The normalized spacial score (nSPS) is 17.0.